The number of carbonyl (C=O) groups is 1. The van der Waals surface area contributed by atoms with Gasteiger partial charge >= 0.3 is 6.18 Å². The topological polar surface area (TPSA) is 35.5 Å². The molecule has 0 aliphatic heterocycles. The van der Waals surface area contributed by atoms with Gasteiger partial charge in [0, 0.05) is 5.56 Å². The molecule has 0 bridgehead atoms. The van der Waals surface area contributed by atoms with Gasteiger partial charge in [-0.05, 0) is 18.2 Å². The van der Waals surface area contributed by atoms with Crippen molar-refractivity contribution in [2.75, 3.05) is 13.7 Å². The number of rotatable bonds is 4. The van der Waals surface area contributed by atoms with E-state index in [9.17, 15) is 18.0 Å². The summed E-state index contributed by atoms with van der Waals surface area (Å²) in [5.74, 6) is 0.0410. The molecule has 0 unspecified atom stereocenters. The molecule has 1 rings (SSSR count). The smallest absolute Gasteiger partial charge is 0.422 e. The summed E-state index contributed by atoms with van der Waals surface area (Å²) in [6, 6.07) is 3.99. The first-order chi connectivity index (χ1) is 7.46. The summed E-state index contributed by atoms with van der Waals surface area (Å²) in [7, 11) is 1.30. The van der Waals surface area contributed by atoms with Gasteiger partial charge < -0.3 is 9.47 Å². The van der Waals surface area contributed by atoms with Crippen molar-refractivity contribution in [2.45, 2.75) is 6.18 Å². The highest BCUT2D eigenvalue weighted by atomic mass is 19.4. The SMILES string of the molecule is COc1ccc(C=O)cc1OCC(F)(F)F. The van der Waals surface area contributed by atoms with E-state index in [0.29, 0.717) is 6.29 Å². The maximum absolute atomic E-state index is 11.9. The van der Waals surface area contributed by atoms with Crippen molar-refractivity contribution in [2.24, 2.45) is 0 Å². The van der Waals surface area contributed by atoms with Crippen LogP contribution in [-0.4, -0.2) is 26.2 Å². The second-order valence-corrected chi connectivity index (χ2v) is 2.93. The molecule has 3 nitrogen and oxygen atoms in total. The standard InChI is InChI=1S/C10H9F3O3/c1-15-8-3-2-7(5-14)4-9(8)16-6-10(11,12)13/h2-5H,6H2,1H3. The fourth-order valence-corrected chi connectivity index (χ4v) is 1.04. The number of hydrogen-bond donors (Lipinski definition) is 0. The van der Waals surface area contributed by atoms with Crippen LogP contribution in [0.5, 0.6) is 11.5 Å². The molecule has 0 amide bonds. The predicted octanol–water partition coefficient (Wildman–Crippen LogP) is 2.45. The molecule has 0 saturated heterocycles. The summed E-state index contributed by atoms with van der Waals surface area (Å²) in [5, 5.41) is 0. The molecule has 1 aromatic rings. The van der Waals surface area contributed by atoms with Crippen LogP contribution >= 0.6 is 0 Å². The Bertz CT molecular complexity index is 374. The highest BCUT2D eigenvalue weighted by molar-refractivity contribution is 5.76. The summed E-state index contributed by atoms with van der Waals surface area (Å²) in [6.45, 7) is -1.42. The van der Waals surface area contributed by atoms with E-state index in [2.05, 4.69) is 4.74 Å². The Labute approximate surface area is 89.8 Å². The van der Waals surface area contributed by atoms with E-state index in [0.717, 1.165) is 0 Å². The lowest BCUT2D eigenvalue weighted by molar-refractivity contribution is -0.153. The summed E-state index contributed by atoms with van der Waals surface area (Å²) >= 11 is 0. The van der Waals surface area contributed by atoms with Crippen molar-refractivity contribution in [3.63, 3.8) is 0 Å². The van der Waals surface area contributed by atoms with E-state index in [1.54, 1.807) is 0 Å². The Balaban J connectivity index is 2.87. The van der Waals surface area contributed by atoms with Crippen LogP contribution in [0.1, 0.15) is 10.4 Å². The molecule has 0 aliphatic carbocycles. The molecule has 0 atom stereocenters. The number of ether oxygens (including phenoxy) is 2. The van der Waals surface area contributed by atoms with Crippen LogP contribution in [0.25, 0.3) is 0 Å². The number of aldehydes is 1. The van der Waals surface area contributed by atoms with E-state index in [4.69, 9.17) is 4.74 Å². The molecule has 0 spiro atoms. The molecule has 1 aromatic carbocycles. The van der Waals surface area contributed by atoms with Gasteiger partial charge in [0.1, 0.15) is 6.29 Å². The van der Waals surface area contributed by atoms with Crippen LogP contribution in [0, 0.1) is 0 Å². The largest absolute Gasteiger partial charge is 0.493 e. The van der Waals surface area contributed by atoms with Gasteiger partial charge in [0.2, 0.25) is 0 Å². The maximum atomic E-state index is 11.9. The number of carbonyl (C=O) groups excluding carboxylic acids is 1. The lowest BCUT2D eigenvalue weighted by Crippen LogP contribution is -2.19. The number of hydrogen-bond acceptors (Lipinski definition) is 3. The van der Waals surface area contributed by atoms with Crippen LogP contribution in [-0.2, 0) is 0 Å². The Hall–Kier alpha value is -1.72. The van der Waals surface area contributed by atoms with Gasteiger partial charge in [-0.15, -0.1) is 0 Å². The molecule has 16 heavy (non-hydrogen) atoms. The Morgan fingerprint density at radius 1 is 1.31 bits per heavy atom. The molecule has 0 N–H and O–H groups in total. The van der Waals surface area contributed by atoms with E-state index in [1.807, 2.05) is 0 Å². The van der Waals surface area contributed by atoms with Crippen LogP contribution in [0.2, 0.25) is 0 Å². The maximum Gasteiger partial charge on any atom is 0.422 e. The quantitative estimate of drug-likeness (QED) is 0.750. The van der Waals surface area contributed by atoms with Gasteiger partial charge in [0.05, 0.1) is 7.11 Å². The predicted molar refractivity (Wildman–Crippen MR) is 49.9 cm³/mol. The second-order valence-electron chi connectivity index (χ2n) is 2.93. The highest BCUT2D eigenvalue weighted by Crippen LogP contribution is 2.29. The molecule has 0 radical (unpaired) electrons. The van der Waals surface area contributed by atoms with Gasteiger partial charge in [-0.25, -0.2) is 0 Å². The van der Waals surface area contributed by atoms with E-state index >= 15 is 0 Å². The lowest BCUT2D eigenvalue weighted by Gasteiger charge is -2.12. The molecule has 0 heterocycles. The number of benzene rings is 1. The summed E-state index contributed by atoms with van der Waals surface area (Å²) in [6.07, 6.45) is -3.91. The highest BCUT2D eigenvalue weighted by Gasteiger charge is 2.29. The number of halogens is 3. The van der Waals surface area contributed by atoms with Crippen molar-refractivity contribution in [1.29, 1.82) is 0 Å². The van der Waals surface area contributed by atoms with Crippen LogP contribution in [0.15, 0.2) is 18.2 Å². The summed E-state index contributed by atoms with van der Waals surface area (Å²) in [4.78, 5) is 10.4. The average Bonchev–Trinajstić information content (AvgIpc) is 2.25. The molecular formula is C10H9F3O3. The minimum Gasteiger partial charge on any atom is -0.493 e. The molecule has 0 aromatic heterocycles. The van der Waals surface area contributed by atoms with Crippen LogP contribution in [0.4, 0.5) is 13.2 Å². The van der Waals surface area contributed by atoms with E-state index in [-0.39, 0.29) is 17.1 Å². The van der Waals surface area contributed by atoms with Gasteiger partial charge in [-0.1, -0.05) is 0 Å². The Morgan fingerprint density at radius 3 is 2.50 bits per heavy atom. The van der Waals surface area contributed by atoms with Crippen LogP contribution in [0.3, 0.4) is 0 Å². The van der Waals surface area contributed by atoms with Gasteiger partial charge in [0.15, 0.2) is 18.1 Å². The molecule has 0 saturated carbocycles. The van der Waals surface area contributed by atoms with E-state index in [1.165, 1.54) is 25.3 Å². The molecule has 0 fully saturated rings. The first kappa shape index (κ1) is 12.4. The first-order valence-corrected chi connectivity index (χ1v) is 4.29. The average molecular weight is 234 g/mol. The van der Waals surface area contributed by atoms with Crippen molar-refractivity contribution >= 4 is 6.29 Å². The first-order valence-electron chi connectivity index (χ1n) is 4.29. The van der Waals surface area contributed by atoms with E-state index < -0.39 is 12.8 Å². The third-order valence-corrected chi connectivity index (χ3v) is 1.72. The van der Waals surface area contributed by atoms with Crippen molar-refractivity contribution in [1.82, 2.24) is 0 Å². The molecular weight excluding hydrogens is 225 g/mol. The normalized spacial score (nSPS) is 11.0. The van der Waals surface area contributed by atoms with Crippen molar-refractivity contribution < 1.29 is 27.4 Å². The Kier molecular flexibility index (Phi) is 3.76. The minimum atomic E-state index is -4.43. The molecule has 0 aliphatic rings. The lowest BCUT2D eigenvalue weighted by atomic mass is 10.2. The fourth-order valence-electron chi connectivity index (χ4n) is 1.04. The second kappa shape index (κ2) is 4.87. The minimum absolute atomic E-state index is 0.107. The number of alkyl halides is 3. The zero-order chi connectivity index (χ0) is 12.2. The Morgan fingerprint density at radius 2 is 2.00 bits per heavy atom. The summed E-state index contributed by atoms with van der Waals surface area (Å²) < 4.78 is 45.1. The zero-order valence-electron chi connectivity index (χ0n) is 8.38. The fraction of sp³-hybridized carbons (Fsp3) is 0.300. The zero-order valence-corrected chi connectivity index (χ0v) is 8.38. The van der Waals surface area contributed by atoms with Gasteiger partial charge in [-0.3, -0.25) is 4.79 Å². The third-order valence-electron chi connectivity index (χ3n) is 1.72. The summed E-state index contributed by atoms with van der Waals surface area (Å²) in [5.41, 5.74) is 0.220. The number of methoxy groups -OCH3 is 1. The van der Waals surface area contributed by atoms with Crippen LogP contribution < -0.4 is 9.47 Å². The molecule has 6 heteroatoms. The van der Waals surface area contributed by atoms with Gasteiger partial charge in [-0.2, -0.15) is 13.2 Å². The third kappa shape index (κ3) is 3.45. The van der Waals surface area contributed by atoms with Gasteiger partial charge in [0.25, 0.3) is 0 Å². The van der Waals surface area contributed by atoms with Crippen molar-refractivity contribution in [3.05, 3.63) is 23.8 Å². The monoisotopic (exact) mass is 234 g/mol. The molecule has 88 valence electrons. The van der Waals surface area contributed by atoms with Crippen molar-refractivity contribution in [3.8, 4) is 11.5 Å².